The molecule has 10 aromatic carbocycles. The second kappa shape index (κ2) is 14.3. The fraction of sp³-hybridized carbons (Fsp3) is 0. The summed E-state index contributed by atoms with van der Waals surface area (Å²) >= 11 is 1.88. The minimum absolute atomic E-state index is 1.15. The van der Waals surface area contributed by atoms with Crippen LogP contribution in [0.5, 0.6) is 0 Å². The molecule has 3 heteroatoms. The molecule has 0 N–H and O–H groups in total. The molecular weight excluding hydrogens is 781 g/mol. The predicted octanol–water partition coefficient (Wildman–Crippen LogP) is 16.9. The van der Waals surface area contributed by atoms with Crippen LogP contribution in [0.25, 0.3) is 120 Å². The third-order valence-corrected chi connectivity index (χ3v) is 14.2. The molecule has 13 aromatic rings. The van der Waals surface area contributed by atoms with E-state index in [-0.39, 0.29) is 0 Å². The van der Waals surface area contributed by atoms with Crippen molar-refractivity contribution in [2.75, 3.05) is 0 Å². The number of hydrogen-bond acceptors (Lipinski definition) is 1. The average molecular weight is 819 g/mol. The Labute approximate surface area is 368 Å². The lowest BCUT2D eigenvalue weighted by molar-refractivity contribution is 1.18. The highest BCUT2D eigenvalue weighted by atomic mass is 32.1. The van der Waals surface area contributed by atoms with Crippen LogP contribution in [0.2, 0.25) is 0 Å². The molecule has 2 nitrogen and oxygen atoms in total. The molecule has 3 aromatic heterocycles. The van der Waals surface area contributed by atoms with E-state index in [0.29, 0.717) is 0 Å². The summed E-state index contributed by atoms with van der Waals surface area (Å²) in [6.07, 6.45) is 0. The van der Waals surface area contributed by atoms with Crippen LogP contribution in [0.1, 0.15) is 0 Å². The average Bonchev–Trinajstić information content (AvgIpc) is 4.02. The molecular formula is C60H38N2S. The highest BCUT2D eigenvalue weighted by Gasteiger charge is 2.18. The van der Waals surface area contributed by atoms with Gasteiger partial charge in [-0.3, -0.25) is 0 Å². The summed E-state index contributed by atoms with van der Waals surface area (Å²) in [5.74, 6) is 0. The van der Waals surface area contributed by atoms with Gasteiger partial charge in [-0.05, 0) is 117 Å². The highest BCUT2D eigenvalue weighted by molar-refractivity contribution is 7.26. The topological polar surface area (TPSA) is 9.86 Å². The van der Waals surface area contributed by atoms with Crippen LogP contribution in [-0.4, -0.2) is 9.13 Å². The molecule has 0 unspecified atom stereocenters. The molecule has 0 saturated heterocycles. The number of benzene rings is 10. The van der Waals surface area contributed by atoms with Crippen molar-refractivity contribution < 1.29 is 0 Å². The van der Waals surface area contributed by atoms with Crippen molar-refractivity contribution in [3.63, 3.8) is 0 Å². The minimum atomic E-state index is 1.15. The normalized spacial score (nSPS) is 11.8. The van der Waals surface area contributed by atoms with Crippen LogP contribution >= 0.6 is 11.3 Å². The first-order valence-electron chi connectivity index (χ1n) is 21.6. The van der Waals surface area contributed by atoms with Crippen molar-refractivity contribution in [1.29, 1.82) is 0 Å². The zero-order chi connectivity index (χ0) is 41.4. The molecule has 294 valence electrons. The van der Waals surface area contributed by atoms with E-state index >= 15 is 0 Å². The fourth-order valence-electron chi connectivity index (χ4n) is 9.92. The Hall–Kier alpha value is -7.98. The third-order valence-electron chi connectivity index (χ3n) is 13.0. The molecule has 0 saturated carbocycles. The molecule has 0 aliphatic heterocycles. The number of nitrogens with zero attached hydrogens (tertiary/aromatic N) is 2. The first-order valence-corrected chi connectivity index (χ1v) is 22.4. The van der Waals surface area contributed by atoms with Crippen molar-refractivity contribution in [1.82, 2.24) is 9.13 Å². The molecule has 0 atom stereocenters. The fourth-order valence-corrected chi connectivity index (χ4v) is 11.2. The van der Waals surface area contributed by atoms with Crippen LogP contribution in [-0.2, 0) is 0 Å². The smallest absolute Gasteiger partial charge is 0.0541 e. The Morgan fingerprint density at radius 3 is 1.33 bits per heavy atom. The van der Waals surface area contributed by atoms with Gasteiger partial charge in [-0.2, -0.15) is 0 Å². The van der Waals surface area contributed by atoms with Gasteiger partial charge < -0.3 is 9.13 Å². The van der Waals surface area contributed by atoms with Gasteiger partial charge in [0.25, 0.3) is 0 Å². The van der Waals surface area contributed by atoms with Crippen LogP contribution in [0.4, 0.5) is 0 Å². The third kappa shape index (κ3) is 5.78. The Balaban J connectivity index is 0.918. The van der Waals surface area contributed by atoms with Crippen molar-refractivity contribution in [2.45, 2.75) is 0 Å². The monoisotopic (exact) mass is 818 g/mol. The molecule has 0 aliphatic carbocycles. The zero-order valence-electron chi connectivity index (χ0n) is 34.2. The molecule has 0 aliphatic rings. The van der Waals surface area contributed by atoms with E-state index < -0.39 is 0 Å². The maximum atomic E-state index is 2.42. The lowest BCUT2D eigenvalue weighted by Gasteiger charge is -2.11. The van der Waals surface area contributed by atoms with Gasteiger partial charge in [0, 0.05) is 53.1 Å². The number of hydrogen-bond donors (Lipinski definition) is 0. The van der Waals surface area contributed by atoms with E-state index in [9.17, 15) is 0 Å². The van der Waals surface area contributed by atoms with Crippen molar-refractivity contribution in [2.24, 2.45) is 0 Å². The summed E-state index contributed by atoms with van der Waals surface area (Å²) < 4.78 is 7.49. The van der Waals surface area contributed by atoms with E-state index in [0.717, 1.165) is 11.4 Å². The molecule has 0 radical (unpaired) electrons. The Morgan fingerprint density at radius 1 is 0.254 bits per heavy atom. The van der Waals surface area contributed by atoms with Gasteiger partial charge in [0.2, 0.25) is 0 Å². The molecule has 0 spiro atoms. The second-order valence-electron chi connectivity index (χ2n) is 16.5. The van der Waals surface area contributed by atoms with E-state index in [4.69, 9.17) is 0 Å². The Kier molecular flexibility index (Phi) is 8.12. The van der Waals surface area contributed by atoms with Crippen LogP contribution in [0, 0.1) is 0 Å². The number of fused-ring (bicyclic) bond motifs is 9. The summed E-state index contributed by atoms with van der Waals surface area (Å²) in [6.45, 7) is 0. The van der Waals surface area contributed by atoms with Gasteiger partial charge in [0.05, 0.1) is 22.1 Å². The predicted molar refractivity (Wildman–Crippen MR) is 270 cm³/mol. The zero-order valence-corrected chi connectivity index (χ0v) is 35.1. The molecule has 63 heavy (non-hydrogen) atoms. The molecule has 0 fully saturated rings. The van der Waals surface area contributed by atoms with Gasteiger partial charge in [0.1, 0.15) is 0 Å². The first-order chi connectivity index (χ1) is 31.2. The lowest BCUT2D eigenvalue weighted by atomic mass is 9.98. The summed E-state index contributed by atoms with van der Waals surface area (Å²) in [5.41, 5.74) is 16.9. The van der Waals surface area contributed by atoms with E-state index in [2.05, 4.69) is 240 Å². The molecule has 13 rings (SSSR count). The maximum absolute atomic E-state index is 2.42. The standard InChI is InChI=1S/C60H38N2S/c1-3-12-39(13-4-1)40-22-24-41(25-23-40)43-28-33-57-53(36-43)54-38-45(30-35-58(54)61(57)46-14-5-2-6-15-46)44-29-34-56-52(37-44)49-16-7-9-20-55(49)62(56)47-31-26-42(27-32-47)48-18-11-19-51-50-17-8-10-21-59(50)63-60(48)51/h1-38H. The van der Waals surface area contributed by atoms with E-state index in [1.807, 2.05) is 11.3 Å². The van der Waals surface area contributed by atoms with Crippen LogP contribution < -0.4 is 0 Å². The number of para-hydroxylation sites is 2. The summed E-state index contributed by atoms with van der Waals surface area (Å²) in [5, 5.41) is 7.63. The van der Waals surface area contributed by atoms with Gasteiger partial charge in [-0.25, -0.2) is 0 Å². The second-order valence-corrected chi connectivity index (χ2v) is 17.5. The number of rotatable bonds is 6. The van der Waals surface area contributed by atoms with Crippen LogP contribution in [0.15, 0.2) is 231 Å². The first kappa shape index (κ1) is 35.7. The SMILES string of the molecule is c1ccc(-c2ccc(-c3ccc4c(c3)c3cc(-c5ccc6c(c5)c5ccccc5n6-c5ccc(-c6cccc7c6sc6ccccc67)cc5)ccc3n4-c3ccccc3)cc2)cc1. The van der Waals surface area contributed by atoms with Crippen molar-refractivity contribution >= 4 is 75.1 Å². The summed E-state index contributed by atoms with van der Waals surface area (Å²) in [4.78, 5) is 0. The van der Waals surface area contributed by atoms with E-state index in [1.165, 1.54) is 108 Å². The minimum Gasteiger partial charge on any atom is -0.309 e. The summed E-state index contributed by atoms with van der Waals surface area (Å²) in [6, 6.07) is 84.6. The lowest BCUT2D eigenvalue weighted by Crippen LogP contribution is -1.94. The Bertz CT molecular complexity index is 3870. The molecule has 0 amide bonds. The van der Waals surface area contributed by atoms with E-state index in [1.54, 1.807) is 0 Å². The largest absolute Gasteiger partial charge is 0.309 e. The number of aromatic nitrogens is 2. The quantitative estimate of drug-likeness (QED) is 0.158. The maximum Gasteiger partial charge on any atom is 0.0541 e. The van der Waals surface area contributed by atoms with Gasteiger partial charge >= 0.3 is 0 Å². The van der Waals surface area contributed by atoms with Gasteiger partial charge in [0.15, 0.2) is 0 Å². The van der Waals surface area contributed by atoms with Gasteiger partial charge in [-0.15, -0.1) is 11.3 Å². The van der Waals surface area contributed by atoms with Crippen molar-refractivity contribution in [3.8, 4) is 55.9 Å². The molecule has 0 bridgehead atoms. The Morgan fingerprint density at radius 2 is 0.683 bits per heavy atom. The van der Waals surface area contributed by atoms with Crippen molar-refractivity contribution in [3.05, 3.63) is 231 Å². The van der Waals surface area contributed by atoms with Gasteiger partial charge in [-0.1, -0.05) is 158 Å². The number of thiophene rings is 1. The highest BCUT2D eigenvalue weighted by Crippen LogP contribution is 2.42. The molecule has 3 heterocycles. The van der Waals surface area contributed by atoms with Crippen LogP contribution in [0.3, 0.4) is 0 Å². The summed E-state index contributed by atoms with van der Waals surface area (Å²) in [7, 11) is 0.